The molecule has 4 nitrogen and oxygen atoms in total. The number of nitrogens with one attached hydrogen (secondary N) is 1. The SMILES string of the molecule is Cc1cccc(NC(N)=NCC(C)N2CCc3ccccc3C2)c1. The molecule has 1 aliphatic rings. The van der Waals surface area contributed by atoms with E-state index in [-0.39, 0.29) is 0 Å². The second kappa shape index (κ2) is 7.49. The zero-order chi connectivity index (χ0) is 16.9. The highest BCUT2D eigenvalue weighted by atomic mass is 15.2. The third kappa shape index (κ3) is 4.15. The first-order valence-corrected chi connectivity index (χ1v) is 8.56. The van der Waals surface area contributed by atoms with Gasteiger partial charge in [-0.05, 0) is 49.1 Å². The first-order valence-electron chi connectivity index (χ1n) is 8.56. The maximum atomic E-state index is 6.03. The number of nitrogens with zero attached hydrogens (tertiary/aromatic N) is 2. The molecule has 24 heavy (non-hydrogen) atoms. The number of nitrogens with two attached hydrogens (primary N) is 1. The summed E-state index contributed by atoms with van der Waals surface area (Å²) in [5.41, 5.74) is 11.1. The van der Waals surface area contributed by atoms with Crippen LogP contribution in [0.15, 0.2) is 53.5 Å². The fourth-order valence-corrected chi connectivity index (χ4v) is 3.15. The predicted molar refractivity (Wildman–Crippen MR) is 101 cm³/mol. The van der Waals surface area contributed by atoms with Crippen molar-refractivity contribution in [1.82, 2.24) is 4.90 Å². The van der Waals surface area contributed by atoms with E-state index in [0.717, 1.165) is 25.2 Å². The molecule has 0 aliphatic carbocycles. The van der Waals surface area contributed by atoms with Gasteiger partial charge in [0.25, 0.3) is 0 Å². The van der Waals surface area contributed by atoms with Crippen LogP contribution in [-0.2, 0) is 13.0 Å². The second-order valence-corrected chi connectivity index (χ2v) is 6.56. The number of hydrogen-bond acceptors (Lipinski definition) is 2. The van der Waals surface area contributed by atoms with Gasteiger partial charge in [0.2, 0.25) is 0 Å². The molecule has 3 rings (SSSR count). The van der Waals surface area contributed by atoms with Crippen molar-refractivity contribution in [2.24, 2.45) is 10.7 Å². The van der Waals surface area contributed by atoms with Crippen LogP contribution in [0.4, 0.5) is 5.69 Å². The summed E-state index contributed by atoms with van der Waals surface area (Å²) >= 11 is 0. The lowest BCUT2D eigenvalue weighted by molar-refractivity contribution is 0.195. The summed E-state index contributed by atoms with van der Waals surface area (Å²) in [6.45, 7) is 7.07. The summed E-state index contributed by atoms with van der Waals surface area (Å²) in [4.78, 5) is 7.00. The van der Waals surface area contributed by atoms with E-state index in [2.05, 4.69) is 65.5 Å². The van der Waals surface area contributed by atoms with Crippen molar-refractivity contribution in [3.8, 4) is 0 Å². The monoisotopic (exact) mass is 322 g/mol. The zero-order valence-electron chi connectivity index (χ0n) is 14.5. The number of fused-ring (bicyclic) bond motifs is 1. The zero-order valence-corrected chi connectivity index (χ0v) is 14.5. The van der Waals surface area contributed by atoms with Crippen LogP contribution < -0.4 is 11.1 Å². The van der Waals surface area contributed by atoms with Crippen LogP contribution in [0.25, 0.3) is 0 Å². The Balaban J connectivity index is 1.56. The lowest BCUT2D eigenvalue weighted by Crippen LogP contribution is -2.39. The fourth-order valence-electron chi connectivity index (χ4n) is 3.15. The Morgan fingerprint density at radius 1 is 1.21 bits per heavy atom. The van der Waals surface area contributed by atoms with Gasteiger partial charge in [0, 0.05) is 24.8 Å². The summed E-state index contributed by atoms with van der Waals surface area (Å²) in [6, 6.07) is 17.2. The first kappa shape index (κ1) is 16.5. The van der Waals surface area contributed by atoms with E-state index in [4.69, 9.17) is 5.73 Å². The van der Waals surface area contributed by atoms with Gasteiger partial charge in [-0.1, -0.05) is 36.4 Å². The van der Waals surface area contributed by atoms with Crippen molar-refractivity contribution in [2.75, 3.05) is 18.4 Å². The van der Waals surface area contributed by atoms with Crippen molar-refractivity contribution >= 4 is 11.6 Å². The van der Waals surface area contributed by atoms with Gasteiger partial charge in [0.1, 0.15) is 0 Å². The van der Waals surface area contributed by atoms with Crippen LogP contribution in [0.1, 0.15) is 23.6 Å². The van der Waals surface area contributed by atoms with E-state index in [9.17, 15) is 0 Å². The van der Waals surface area contributed by atoms with Crippen molar-refractivity contribution < 1.29 is 0 Å². The summed E-state index contributed by atoms with van der Waals surface area (Å²) < 4.78 is 0. The van der Waals surface area contributed by atoms with Crippen LogP contribution in [0.5, 0.6) is 0 Å². The van der Waals surface area contributed by atoms with Crippen LogP contribution >= 0.6 is 0 Å². The maximum absolute atomic E-state index is 6.03. The van der Waals surface area contributed by atoms with Crippen molar-refractivity contribution in [1.29, 1.82) is 0 Å². The minimum Gasteiger partial charge on any atom is -0.370 e. The van der Waals surface area contributed by atoms with Crippen molar-refractivity contribution in [3.05, 3.63) is 65.2 Å². The molecule has 0 spiro atoms. The molecule has 0 amide bonds. The number of benzene rings is 2. The average molecular weight is 322 g/mol. The minimum atomic E-state index is 0.371. The van der Waals surface area contributed by atoms with Crippen LogP contribution in [0.2, 0.25) is 0 Å². The number of hydrogen-bond donors (Lipinski definition) is 2. The molecular formula is C20H26N4. The minimum absolute atomic E-state index is 0.371. The van der Waals surface area contributed by atoms with Crippen molar-refractivity contribution in [2.45, 2.75) is 32.9 Å². The first-order chi connectivity index (χ1) is 11.6. The number of aliphatic imine (C=N–C) groups is 1. The Morgan fingerprint density at radius 2 is 2.00 bits per heavy atom. The third-order valence-electron chi connectivity index (χ3n) is 4.60. The quantitative estimate of drug-likeness (QED) is 0.671. The molecule has 0 aromatic heterocycles. The number of rotatable bonds is 4. The van der Waals surface area contributed by atoms with E-state index in [0.29, 0.717) is 18.5 Å². The summed E-state index contributed by atoms with van der Waals surface area (Å²) in [5.74, 6) is 0.477. The van der Waals surface area contributed by atoms with E-state index in [1.165, 1.54) is 16.7 Å². The molecule has 1 heterocycles. The predicted octanol–water partition coefficient (Wildman–Crippen LogP) is 3.17. The van der Waals surface area contributed by atoms with Gasteiger partial charge in [-0.3, -0.25) is 9.89 Å². The van der Waals surface area contributed by atoms with Gasteiger partial charge in [-0.2, -0.15) is 0 Å². The Morgan fingerprint density at radius 3 is 2.79 bits per heavy atom. The lowest BCUT2D eigenvalue weighted by Gasteiger charge is -2.33. The van der Waals surface area contributed by atoms with Crippen LogP contribution in [0.3, 0.4) is 0 Å². The molecule has 0 radical (unpaired) electrons. The van der Waals surface area contributed by atoms with E-state index < -0.39 is 0 Å². The standard InChI is InChI=1S/C20H26N4/c1-15-6-5-9-19(12-15)23-20(21)22-13-16(2)24-11-10-17-7-3-4-8-18(17)14-24/h3-9,12,16H,10-11,13-14H2,1-2H3,(H3,21,22,23). The third-order valence-corrected chi connectivity index (χ3v) is 4.60. The van der Waals surface area contributed by atoms with Crippen molar-refractivity contribution in [3.63, 3.8) is 0 Å². The summed E-state index contributed by atoms with van der Waals surface area (Å²) in [6.07, 6.45) is 1.11. The molecule has 2 aromatic carbocycles. The molecule has 126 valence electrons. The average Bonchev–Trinajstić information content (AvgIpc) is 2.59. The smallest absolute Gasteiger partial charge is 0.193 e. The largest absolute Gasteiger partial charge is 0.370 e. The number of anilines is 1. The van der Waals surface area contributed by atoms with Crippen LogP contribution in [-0.4, -0.2) is 30.0 Å². The highest BCUT2D eigenvalue weighted by Crippen LogP contribution is 2.20. The molecule has 1 aliphatic heterocycles. The summed E-state index contributed by atoms with van der Waals surface area (Å²) in [5, 5.41) is 3.17. The molecule has 0 fully saturated rings. The molecule has 0 saturated heterocycles. The molecule has 1 atom stereocenters. The van der Waals surface area contributed by atoms with E-state index >= 15 is 0 Å². The van der Waals surface area contributed by atoms with Gasteiger partial charge in [-0.25, -0.2) is 0 Å². The molecule has 3 N–H and O–H groups in total. The molecular weight excluding hydrogens is 296 g/mol. The van der Waals surface area contributed by atoms with E-state index in [1.54, 1.807) is 0 Å². The number of aryl methyl sites for hydroxylation is 1. The van der Waals surface area contributed by atoms with Gasteiger partial charge in [0.15, 0.2) is 5.96 Å². The Labute approximate surface area is 144 Å². The Bertz CT molecular complexity index is 723. The highest BCUT2D eigenvalue weighted by molar-refractivity contribution is 5.92. The van der Waals surface area contributed by atoms with E-state index in [1.807, 2.05) is 12.1 Å². The van der Waals surface area contributed by atoms with Gasteiger partial charge >= 0.3 is 0 Å². The molecule has 0 saturated carbocycles. The highest BCUT2D eigenvalue weighted by Gasteiger charge is 2.19. The topological polar surface area (TPSA) is 53.6 Å². The fraction of sp³-hybridized carbons (Fsp3) is 0.350. The lowest BCUT2D eigenvalue weighted by atomic mass is 9.99. The molecule has 2 aromatic rings. The van der Waals surface area contributed by atoms with Gasteiger partial charge in [0.05, 0.1) is 6.54 Å². The second-order valence-electron chi connectivity index (χ2n) is 6.56. The van der Waals surface area contributed by atoms with Gasteiger partial charge < -0.3 is 11.1 Å². The van der Waals surface area contributed by atoms with Crippen LogP contribution in [0, 0.1) is 6.92 Å². The molecule has 4 heteroatoms. The Kier molecular flexibility index (Phi) is 5.16. The van der Waals surface area contributed by atoms with Gasteiger partial charge in [-0.15, -0.1) is 0 Å². The summed E-state index contributed by atoms with van der Waals surface area (Å²) in [7, 11) is 0. The Hall–Kier alpha value is -2.33. The maximum Gasteiger partial charge on any atom is 0.193 e. The normalized spacial score (nSPS) is 16.5. The molecule has 0 bridgehead atoms. The molecule has 1 unspecified atom stereocenters. The number of guanidine groups is 1.